The monoisotopic (exact) mass is 374 g/mol. The van der Waals surface area contributed by atoms with Gasteiger partial charge in [-0.25, -0.2) is 0 Å². The van der Waals surface area contributed by atoms with Crippen molar-refractivity contribution >= 4 is 5.78 Å². The van der Waals surface area contributed by atoms with Crippen LogP contribution in [0.3, 0.4) is 0 Å². The molecule has 2 saturated heterocycles. The zero-order valence-electron chi connectivity index (χ0n) is 16.7. The SMILES string of the molecule is CCOCCC(=O)C[C@@H]1[C@H](CCC(O)C(C)c2ccccc2)[C@@H]2CC[C@H]1O2. The minimum atomic E-state index is -0.360. The molecule has 2 heterocycles. The van der Waals surface area contributed by atoms with E-state index >= 15 is 0 Å². The topological polar surface area (TPSA) is 55.8 Å². The number of fused-ring (bicyclic) bond motifs is 2. The van der Waals surface area contributed by atoms with Crippen LogP contribution in [0.15, 0.2) is 30.3 Å². The quantitative estimate of drug-likeness (QED) is 0.592. The molecule has 1 aromatic carbocycles. The highest BCUT2D eigenvalue weighted by Crippen LogP contribution is 2.47. The van der Waals surface area contributed by atoms with Crippen molar-refractivity contribution in [3.63, 3.8) is 0 Å². The maximum Gasteiger partial charge on any atom is 0.135 e. The lowest BCUT2D eigenvalue weighted by Gasteiger charge is -2.29. The molecule has 0 saturated carbocycles. The number of ether oxygens (including phenoxy) is 2. The van der Waals surface area contributed by atoms with Crippen LogP contribution in [0.1, 0.15) is 63.9 Å². The molecule has 2 bridgehead atoms. The van der Waals surface area contributed by atoms with E-state index in [1.165, 1.54) is 5.56 Å². The Labute approximate surface area is 163 Å². The summed E-state index contributed by atoms with van der Waals surface area (Å²) < 4.78 is 11.5. The van der Waals surface area contributed by atoms with Gasteiger partial charge in [-0.2, -0.15) is 0 Å². The predicted octanol–water partition coefficient (Wildman–Crippen LogP) is 4.11. The largest absolute Gasteiger partial charge is 0.393 e. The second kappa shape index (κ2) is 9.81. The zero-order chi connectivity index (χ0) is 19.2. The number of hydrogen-bond acceptors (Lipinski definition) is 4. The Morgan fingerprint density at radius 1 is 1.22 bits per heavy atom. The fourth-order valence-corrected chi connectivity index (χ4v) is 4.84. The van der Waals surface area contributed by atoms with Gasteiger partial charge in [0.2, 0.25) is 0 Å². The molecule has 0 spiro atoms. The summed E-state index contributed by atoms with van der Waals surface area (Å²) in [5.74, 6) is 1.12. The van der Waals surface area contributed by atoms with Gasteiger partial charge in [0.15, 0.2) is 0 Å². The fourth-order valence-electron chi connectivity index (χ4n) is 4.84. The van der Waals surface area contributed by atoms with Gasteiger partial charge in [-0.1, -0.05) is 37.3 Å². The van der Waals surface area contributed by atoms with Crippen molar-refractivity contribution in [1.82, 2.24) is 0 Å². The van der Waals surface area contributed by atoms with Gasteiger partial charge in [0.05, 0.1) is 24.9 Å². The smallest absolute Gasteiger partial charge is 0.135 e. The Morgan fingerprint density at radius 3 is 2.63 bits per heavy atom. The van der Waals surface area contributed by atoms with Crippen LogP contribution in [0.5, 0.6) is 0 Å². The Balaban J connectivity index is 1.52. The molecule has 0 amide bonds. The molecule has 0 aromatic heterocycles. The van der Waals surface area contributed by atoms with Crippen LogP contribution in [0.2, 0.25) is 0 Å². The van der Waals surface area contributed by atoms with E-state index in [1.54, 1.807) is 0 Å². The third kappa shape index (κ3) is 5.18. The first-order chi connectivity index (χ1) is 13.1. The average Bonchev–Trinajstić information content (AvgIpc) is 3.28. The number of benzene rings is 1. The lowest BCUT2D eigenvalue weighted by atomic mass is 9.73. The number of carbonyl (C=O) groups is 1. The van der Waals surface area contributed by atoms with Crippen LogP contribution in [-0.4, -0.2) is 42.4 Å². The van der Waals surface area contributed by atoms with E-state index in [2.05, 4.69) is 19.1 Å². The number of ketones is 1. The molecule has 150 valence electrons. The van der Waals surface area contributed by atoms with E-state index in [-0.39, 0.29) is 30.0 Å². The van der Waals surface area contributed by atoms with E-state index in [0.717, 1.165) is 25.7 Å². The number of carbonyl (C=O) groups excluding carboxylic acids is 1. The molecule has 2 aliphatic heterocycles. The van der Waals surface area contributed by atoms with Crippen LogP contribution in [-0.2, 0) is 14.3 Å². The summed E-state index contributed by atoms with van der Waals surface area (Å²) in [6.07, 6.45) is 5.13. The Hall–Kier alpha value is -1.23. The summed E-state index contributed by atoms with van der Waals surface area (Å²) in [7, 11) is 0. The van der Waals surface area contributed by atoms with Crippen molar-refractivity contribution in [3.05, 3.63) is 35.9 Å². The molecule has 1 aromatic rings. The maximum atomic E-state index is 12.3. The van der Waals surface area contributed by atoms with Crippen LogP contribution in [0.25, 0.3) is 0 Å². The molecule has 27 heavy (non-hydrogen) atoms. The normalized spacial score (nSPS) is 29.0. The summed E-state index contributed by atoms with van der Waals surface area (Å²) in [4.78, 5) is 12.3. The highest BCUT2D eigenvalue weighted by atomic mass is 16.5. The van der Waals surface area contributed by atoms with Gasteiger partial charge in [-0.05, 0) is 50.0 Å². The number of Topliss-reactive ketones (excluding diaryl/α,β-unsaturated/α-hetero) is 1. The van der Waals surface area contributed by atoms with Crippen LogP contribution in [0, 0.1) is 11.8 Å². The first kappa shape index (κ1) is 20.5. The van der Waals surface area contributed by atoms with E-state index in [0.29, 0.717) is 37.9 Å². The molecule has 3 rings (SSSR count). The van der Waals surface area contributed by atoms with Crippen LogP contribution in [0.4, 0.5) is 0 Å². The first-order valence-electron chi connectivity index (χ1n) is 10.6. The average molecular weight is 375 g/mol. The first-order valence-corrected chi connectivity index (χ1v) is 10.6. The highest BCUT2D eigenvalue weighted by molar-refractivity contribution is 5.78. The molecule has 6 atom stereocenters. The molecule has 1 N–H and O–H groups in total. The third-order valence-corrected chi connectivity index (χ3v) is 6.48. The summed E-state index contributed by atoms with van der Waals surface area (Å²) in [6.45, 7) is 5.22. The number of hydrogen-bond donors (Lipinski definition) is 1. The second-order valence-corrected chi connectivity index (χ2v) is 8.15. The molecule has 4 nitrogen and oxygen atoms in total. The van der Waals surface area contributed by atoms with Gasteiger partial charge in [0, 0.05) is 25.4 Å². The molecule has 0 radical (unpaired) electrons. The standard InChI is InChI=1S/C23H34O4/c1-3-26-14-13-18(24)15-20-19(22-11-12-23(20)27-22)9-10-21(25)16(2)17-7-5-4-6-8-17/h4-8,16,19-23,25H,3,9-15H2,1-2H3/t16?,19-,20+,21?,22-,23+/m0/s1. The van der Waals surface area contributed by atoms with Crippen molar-refractivity contribution in [2.75, 3.05) is 13.2 Å². The van der Waals surface area contributed by atoms with Crippen LogP contribution < -0.4 is 0 Å². The third-order valence-electron chi connectivity index (χ3n) is 6.48. The van der Waals surface area contributed by atoms with E-state index in [4.69, 9.17) is 9.47 Å². The lowest BCUT2D eigenvalue weighted by Crippen LogP contribution is -2.30. The minimum absolute atomic E-state index is 0.122. The molecular formula is C23H34O4. The molecule has 2 aliphatic rings. The van der Waals surface area contributed by atoms with Gasteiger partial charge < -0.3 is 14.6 Å². The van der Waals surface area contributed by atoms with E-state index < -0.39 is 0 Å². The van der Waals surface area contributed by atoms with Crippen molar-refractivity contribution < 1.29 is 19.4 Å². The van der Waals surface area contributed by atoms with Gasteiger partial charge >= 0.3 is 0 Å². The summed E-state index contributed by atoms with van der Waals surface area (Å²) in [5.41, 5.74) is 1.18. The summed E-state index contributed by atoms with van der Waals surface area (Å²) in [6, 6.07) is 10.2. The Bertz CT molecular complexity index is 587. The van der Waals surface area contributed by atoms with Crippen molar-refractivity contribution in [2.24, 2.45) is 11.8 Å². The maximum absolute atomic E-state index is 12.3. The lowest BCUT2D eigenvalue weighted by molar-refractivity contribution is -0.121. The molecule has 4 heteroatoms. The number of aliphatic hydroxyl groups is 1. The Kier molecular flexibility index (Phi) is 7.45. The number of rotatable bonds is 11. The van der Waals surface area contributed by atoms with Gasteiger partial charge in [0.1, 0.15) is 5.78 Å². The summed E-state index contributed by atoms with van der Waals surface area (Å²) >= 11 is 0. The van der Waals surface area contributed by atoms with Gasteiger partial charge in [-0.3, -0.25) is 4.79 Å². The van der Waals surface area contributed by atoms with Gasteiger partial charge in [-0.15, -0.1) is 0 Å². The molecular weight excluding hydrogens is 340 g/mol. The highest BCUT2D eigenvalue weighted by Gasteiger charge is 2.48. The van der Waals surface area contributed by atoms with Crippen molar-refractivity contribution in [2.45, 2.75) is 76.6 Å². The zero-order valence-corrected chi connectivity index (χ0v) is 16.7. The van der Waals surface area contributed by atoms with E-state index in [9.17, 15) is 9.90 Å². The second-order valence-electron chi connectivity index (χ2n) is 8.15. The minimum Gasteiger partial charge on any atom is -0.393 e. The number of aliphatic hydroxyl groups excluding tert-OH is 1. The van der Waals surface area contributed by atoms with E-state index in [1.807, 2.05) is 25.1 Å². The van der Waals surface area contributed by atoms with Crippen molar-refractivity contribution in [3.8, 4) is 0 Å². The van der Waals surface area contributed by atoms with Gasteiger partial charge in [0.25, 0.3) is 0 Å². The molecule has 2 fully saturated rings. The molecule has 0 aliphatic carbocycles. The van der Waals surface area contributed by atoms with Crippen molar-refractivity contribution in [1.29, 1.82) is 0 Å². The fraction of sp³-hybridized carbons (Fsp3) is 0.696. The summed E-state index contributed by atoms with van der Waals surface area (Å²) in [5, 5.41) is 10.7. The molecule has 2 unspecified atom stereocenters. The predicted molar refractivity (Wildman–Crippen MR) is 106 cm³/mol. The van der Waals surface area contributed by atoms with Crippen LogP contribution >= 0.6 is 0 Å². The Morgan fingerprint density at radius 2 is 1.93 bits per heavy atom.